The Morgan fingerprint density at radius 3 is 2.70 bits per heavy atom. The Morgan fingerprint density at radius 2 is 2.09 bits per heavy atom. The molecule has 0 atom stereocenters. The molecule has 10 heteroatoms. The Hall–Kier alpha value is -2.16. The molecule has 2 rings (SSSR count). The molecule has 0 aromatic carbocycles. The lowest BCUT2D eigenvalue weighted by atomic mass is 10.2. The summed E-state index contributed by atoms with van der Waals surface area (Å²) < 4.78 is 50.7. The van der Waals surface area contributed by atoms with Crippen LogP contribution in [0.4, 0.5) is 23.2 Å². The van der Waals surface area contributed by atoms with Gasteiger partial charge in [-0.3, -0.25) is 9.78 Å². The predicted octanol–water partition coefficient (Wildman–Crippen LogP) is 3.53. The number of hydrogen-bond acceptors (Lipinski definition) is 3. The summed E-state index contributed by atoms with van der Waals surface area (Å²) in [5, 5.41) is 3.69. The van der Waals surface area contributed by atoms with Crippen molar-refractivity contribution in [2.24, 2.45) is 0 Å². The van der Waals surface area contributed by atoms with E-state index in [2.05, 4.69) is 17.1 Å². The lowest BCUT2D eigenvalue weighted by molar-refractivity contribution is -0.142. The summed E-state index contributed by atoms with van der Waals surface area (Å²) in [6.07, 6.45) is -2.94. The molecule has 0 N–H and O–H groups in total. The predicted molar refractivity (Wildman–Crippen MR) is 74.5 cm³/mol. The van der Waals surface area contributed by atoms with Gasteiger partial charge in [-0.05, 0) is 0 Å². The summed E-state index contributed by atoms with van der Waals surface area (Å²) in [7, 11) is 3.38. The van der Waals surface area contributed by atoms with Gasteiger partial charge in [0.05, 0.1) is 36.4 Å². The molecule has 0 saturated carbocycles. The van der Waals surface area contributed by atoms with Gasteiger partial charge >= 0.3 is 6.18 Å². The van der Waals surface area contributed by atoms with Crippen LogP contribution in [0.5, 0.6) is 0 Å². The van der Waals surface area contributed by atoms with Gasteiger partial charge in [0, 0.05) is 12.5 Å². The average Bonchev–Trinajstić information content (AvgIpc) is 2.85. The molecule has 23 heavy (non-hydrogen) atoms. The first-order valence-corrected chi connectivity index (χ1v) is 6.61. The van der Waals surface area contributed by atoms with E-state index >= 15 is 0 Å². The number of aromatic nitrogens is 3. The number of amides is 1. The Morgan fingerprint density at radius 1 is 1.39 bits per heavy atom. The van der Waals surface area contributed by atoms with Crippen molar-refractivity contribution >= 4 is 23.2 Å². The molecule has 124 valence electrons. The zero-order chi connectivity index (χ0) is 17.2. The molecule has 0 spiro atoms. The Balaban J connectivity index is 2.19. The number of hydrogen-bond donors (Lipinski definition) is 0. The maximum Gasteiger partial charge on any atom is 0.389 e. The summed E-state index contributed by atoms with van der Waals surface area (Å²) >= 11 is 5.86. The Kier molecular flexibility index (Phi) is 4.88. The maximum absolute atomic E-state index is 13.1. The molecule has 2 aromatic heterocycles. The molecule has 0 saturated heterocycles. The first kappa shape index (κ1) is 17.2. The van der Waals surface area contributed by atoms with Gasteiger partial charge in [-0.25, -0.2) is 16.1 Å². The molecule has 2 heterocycles. The molecule has 0 aliphatic carbocycles. The van der Waals surface area contributed by atoms with Crippen molar-refractivity contribution in [3.8, 4) is 5.69 Å². The fraction of sp³-hybridized carbons (Fsp3) is 0.231. The minimum absolute atomic E-state index is 0.00287. The zero-order valence-corrected chi connectivity index (χ0v) is 12.3. The van der Waals surface area contributed by atoms with Gasteiger partial charge in [0.1, 0.15) is 5.82 Å². The second-order valence-electron chi connectivity index (χ2n) is 4.55. The molecule has 0 bridgehead atoms. The van der Waals surface area contributed by atoms with Crippen LogP contribution < -0.4 is 4.90 Å². The van der Waals surface area contributed by atoms with Crippen molar-refractivity contribution in [3.05, 3.63) is 42.7 Å². The fourth-order valence-electron chi connectivity index (χ4n) is 1.70. The number of rotatable bonds is 4. The molecule has 0 fully saturated rings. The summed E-state index contributed by atoms with van der Waals surface area (Å²) in [6.45, 7) is 0. The van der Waals surface area contributed by atoms with Crippen molar-refractivity contribution in [1.82, 2.24) is 14.8 Å². The number of alkyl halides is 3. The normalized spacial score (nSPS) is 11.6. The van der Waals surface area contributed by atoms with Gasteiger partial charge < -0.3 is 4.90 Å². The number of anilines is 1. The number of halogens is 5. The van der Waals surface area contributed by atoms with E-state index in [9.17, 15) is 22.4 Å². The first-order chi connectivity index (χ1) is 10.7. The molecule has 0 unspecified atom stereocenters. The minimum Gasteiger partial charge on any atom is -0.464 e. The molecule has 0 aliphatic rings. The SMILES string of the molecule is [CH2-]N(C(=O)CCC(F)(F)F)c1cn(-c2cncc(F)c2)nc1Cl. The van der Waals surface area contributed by atoms with Crippen molar-refractivity contribution in [3.63, 3.8) is 0 Å². The molecular weight excluding hydrogens is 340 g/mol. The van der Waals surface area contributed by atoms with Gasteiger partial charge in [0.2, 0.25) is 0 Å². The van der Waals surface area contributed by atoms with E-state index in [1.807, 2.05) is 0 Å². The summed E-state index contributed by atoms with van der Waals surface area (Å²) in [4.78, 5) is 16.1. The van der Waals surface area contributed by atoms with Crippen LogP contribution in [-0.2, 0) is 4.79 Å². The van der Waals surface area contributed by atoms with Crippen LogP contribution in [-0.4, -0.2) is 26.8 Å². The van der Waals surface area contributed by atoms with Gasteiger partial charge in [0.15, 0.2) is 11.1 Å². The molecule has 0 aliphatic heterocycles. The van der Waals surface area contributed by atoms with Crippen molar-refractivity contribution in [1.29, 1.82) is 0 Å². The summed E-state index contributed by atoms with van der Waals surface area (Å²) in [6, 6.07) is 1.12. The van der Waals surface area contributed by atoms with Crippen LogP contribution in [0.25, 0.3) is 5.69 Å². The second kappa shape index (κ2) is 6.53. The second-order valence-corrected chi connectivity index (χ2v) is 4.91. The van der Waals surface area contributed by atoms with Gasteiger partial charge in [-0.2, -0.15) is 18.3 Å². The lowest BCUT2D eigenvalue weighted by Crippen LogP contribution is -2.25. The zero-order valence-electron chi connectivity index (χ0n) is 11.5. The van der Waals surface area contributed by atoms with E-state index in [4.69, 9.17) is 11.6 Å². The first-order valence-electron chi connectivity index (χ1n) is 6.23. The fourth-order valence-corrected chi connectivity index (χ4v) is 1.93. The summed E-state index contributed by atoms with van der Waals surface area (Å²) in [5.74, 6) is -1.48. The van der Waals surface area contributed by atoms with Crippen molar-refractivity contribution < 1.29 is 22.4 Å². The quantitative estimate of drug-likeness (QED) is 0.627. The highest BCUT2D eigenvalue weighted by atomic mass is 35.5. The monoisotopic (exact) mass is 349 g/mol. The van der Waals surface area contributed by atoms with E-state index in [0.717, 1.165) is 21.8 Å². The van der Waals surface area contributed by atoms with Gasteiger partial charge in [-0.1, -0.05) is 11.6 Å². The van der Waals surface area contributed by atoms with E-state index in [1.54, 1.807) is 0 Å². The number of carbonyl (C=O) groups is 1. The Labute approximate surface area is 133 Å². The number of pyridine rings is 1. The molecule has 1 amide bonds. The van der Waals surface area contributed by atoms with Crippen LogP contribution in [0.2, 0.25) is 5.15 Å². The number of carbonyl (C=O) groups excluding carboxylic acids is 1. The van der Waals surface area contributed by atoms with Crippen molar-refractivity contribution in [2.75, 3.05) is 4.90 Å². The van der Waals surface area contributed by atoms with Crippen LogP contribution in [0, 0.1) is 12.9 Å². The van der Waals surface area contributed by atoms with E-state index in [-0.39, 0.29) is 16.5 Å². The third-order valence-electron chi connectivity index (χ3n) is 2.82. The number of nitrogens with zero attached hydrogens (tertiary/aromatic N) is 4. The molecular formula is C13H10ClF4N4O-. The topological polar surface area (TPSA) is 51.0 Å². The van der Waals surface area contributed by atoms with Gasteiger partial charge in [0.25, 0.3) is 0 Å². The molecule has 0 radical (unpaired) electrons. The minimum atomic E-state index is -4.45. The average molecular weight is 350 g/mol. The van der Waals surface area contributed by atoms with Crippen LogP contribution >= 0.6 is 11.6 Å². The van der Waals surface area contributed by atoms with E-state index in [0.29, 0.717) is 0 Å². The summed E-state index contributed by atoms with van der Waals surface area (Å²) in [5.41, 5.74) is 0.234. The van der Waals surface area contributed by atoms with Gasteiger partial charge in [-0.15, -0.1) is 0 Å². The highest BCUT2D eigenvalue weighted by molar-refractivity contribution is 6.32. The van der Waals surface area contributed by atoms with Crippen LogP contribution in [0.15, 0.2) is 24.7 Å². The molecule has 2 aromatic rings. The van der Waals surface area contributed by atoms with Crippen molar-refractivity contribution in [2.45, 2.75) is 19.0 Å². The largest absolute Gasteiger partial charge is 0.464 e. The van der Waals surface area contributed by atoms with E-state index in [1.165, 1.54) is 12.4 Å². The Bertz CT molecular complexity index is 716. The maximum atomic E-state index is 13.1. The third-order valence-corrected chi connectivity index (χ3v) is 3.09. The third kappa shape index (κ3) is 4.41. The highest BCUT2D eigenvalue weighted by Crippen LogP contribution is 2.28. The lowest BCUT2D eigenvalue weighted by Gasteiger charge is -2.24. The standard InChI is InChI=1S/C13H10ClF4N4O/c1-21(11(23)2-3-13(16,17)18)10-7-22(20-12(10)14)9-4-8(15)5-19-6-9/h4-7H,1-3H2/q-1. The highest BCUT2D eigenvalue weighted by Gasteiger charge is 2.28. The van der Waals surface area contributed by atoms with Crippen LogP contribution in [0.1, 0.15) is 12.8 Å². The van der Waals surface area contributed by atoms with E-state index < -0.39 is 30.7 Å². The van der Waals surface area contributed by atoms with Crippen LogP contribution in [0.3, 0.4) is 0 Å². The molecule has 5 nitrogen and oxygen atoms in total. The smallest absolute Gasteiger partial charge is 0.389 e.